The molecule has 0 fully saturated rings. The highest BCUT2D eigenvalue weighted by Gasteiger charge is 2.21. The summed E-state index contributed by atoms with van der Waals surface area (Å²) in [6, 6.07) is 2.05. The Balaban J connectivity index is 2.46. The summed E-state index contributed by atoms with van der Waals surface area (Å²) in [7, 11) is 1.85. The van der Waals surface area contributed by atoms with Crippen molar-refractivity contribution in [2.24, 2.45) is 0 Å². The predicted octanol–water partition coefficient (Wildman–Crippen LogP) is 1.38. The molecular formula is C8H9NOS. The molecule has 0 atom stereocenters. The molecule has 1 aromatic heterocycles. The quantitative estimate of drug-likeness (QED) is 0.571. The van der Waals surface area contributed by atoms with Crippen LogP contribution in [-0.4, -0.2) is 24.4 Å². The number of carbonyl (C=O) groups excluding carboxylic acids is 1. The van der Waals surface area contributed by atoms with Crippen LogP contribution in [0.4, 0.5) is 0 Å². The summed E-state index contributed by atoms with van der Waals surface area (Å²) in [6.07, 6.45) is 1.01. The number of likely N-dealkylation sites (N-methyl/N-ethyl adjacent to an activating group) is 1. The first-order chi connectivity index (χ1) is 5.29. The highest BCUT2D eigenvalue weighted by molar-refractivity contribution is 7.12. The van der Waals surface area contributed by atoms with Gasteiger partial charge in [-0.2, -0.15) is 0 Å². The van der Waals surface area contributed by atoms with Gasteiger partial charge in [-0.05, 0) is 23.4 Å². The van der Waals surface area contributed by atoms with Gasteiger partial charge in [0.05, 0.1) is 4.88 Å². The van der Waals surface area contributed by atoms with Crippen LogP contribution in [0.1, 0.15) is 15.2 Å². The maximum absolute atomic E-state index is 11.4. The molecule has 2 heterocycles. The number of fused-ring (bicyclic) bond motifs is 1. The second kappa shape index (κ2) is 2.34. The van der Waals surface area contributed by atoms with Crippen LogP contribution >= 0.6 is 11.3 Å². The Labute approximate surface area is 69.4 Å². The Kier molecular flexibility index (Phi) is 1.46. The molecule has 3 heteroatoms. The monoisotopic (exact) mass is 167 g/mol. The zero-order chi connectivity index (χ0) is 7.84. The average Bonchev–Trinajstić information content (AvgIpc) is 2.45. The van der Waals surface area contributed by atoms with Crippen LogP contribution in [-0.2, 0) is 6.42 Å². The minimum atomic E-state index is 0.182. The van der Waals surface area contributed by atoms with Gasteiger partial charge >= 0.3 is 0 Å². The first-order valence-corrected chi connectivity index (χ1v) is 4.49. The highest BCUT2D eigenvalue weighted by atomic mass is 32.1. The maximum atomic E-state index is 11.4. The second-order valence-electron chi connectivity index (χ2n) is 2.75. The van der Waals surface area contributed by atoms with Crippen LogP contribution in [0, 0.1) is 0 Å². The third kappa shape index (κ3) is 0.959. The van der Waals surface area contributed by atoms with Gasteiger partial charge in [0.15, 0.2) is 0 Å². The summed E-state index contributed by atoms with van der Waals surface area (Å²) in [6.45, 7) is 0.864. The second-order valence-corrected chi connectivity index (χ2v) is 3.67. The highest BCUT2D eigenvalue weighted by Crippen LogP contribution is 2.22. The van der Waals surface area contributed by atoms with E-state index in [0.717, 1.165) is 17.8 Å². The number of hydrogen-bond acceptors (Lipinski definition) is 2. The van der Waals surface area contributed by atoms with Gasteiger partial charge in [-0.1, -0.05) is 0 Å². The zero-order valence-corrected chi connectivity index (χ0v) is 7.15. The molecule has 0 spiro atoms. The molecule has 1 amide bonds. The van der Waals surface area contributed by atoms with Crippen LogP contribution in [0.2, 0.25) is 0 Å². The molecule has 1 aromatic rings. The van der Waals surface area contributed by atoms with E-state index >= 15 is 0 Å². The smallest absolute Gasteiger partial charge is 0.263 e. The number of hydrogen-bond donors (Lipinski definition) is 0. The molecule has 0 bridgehead atoms. The van der Waals surface area contributed by atoms with Crippen molar-refractivity contribution in [3.8, 4) is 0 Å². The van der Waals surface area contributed by atoms with E-state index in [2.05, 4.69) is 0 Å². The van der Waals surface area contributed by atoms with Crippen LogP contribution in [0.25, 0.3) is 0 Å². The fraction of sp³-hybridized carbons (Fsp3) is 0.375. The molecule has 0 aliphatic carbocycles. The molecule has 1 aliphatic rings. The lowest BCUT2D eigenvalue weighted by Crippen LogP contribution is -2.32. The standard InChI is InChI=1S/C8H9NOS/c1-9-4-2-6-3-5-11-7(6)8(9)10/h3,5H,2,4H2,1H3. The third-order valence-corrected chi connectivity index (χ3v) is 2.95. The van der Waals surface area contributed by atoms with Gasteiger partial charge in [0.2, 0.25) is 0 Å². The first kappa shape index (κ1) is 6.85. The van der Waals surface area contributed by atoms with Gasteiger partial charge in [0, 0.05) is 13.6 Å². The lowest BCUT2D eigenvalue weighted by atomic mass is 10.1. The average molecular weight is 167 g/mol. The summed E-state index contributed by atoms with van der Waals surface area (Å²) in [5.74, 6) is 0.182. The number of amides is 1. The van der Waals surface area contributed by atoms with E-state index in [1.54, 1.807) is 16.2 Å². The van der Waals surface area contributed by atoms with Crippen LogP contribution < -0.4 is 0 Å². The molecule has 2 rings (SSSR count). The fourth-order valence-corrected chi connectivity index (χ4v) is 2.23. The first-order valence-electron chi connectivity index (χ1n) is 3.61. The van der Waals surface area contributed by atoms with Gasteiger partial charge < -0.3 is 4.90 Å². The third-order valence-electron chi connectivity index (χ3n) is 2.00. The van der Waals surface area contributed by atoms with Gasteiger partial charge in [0.25, 0.3) is 5.91 Å². The zero-order valence-electron chi connectivity index (χ0n) is 6.33. The molecule has 11 heavy (non-hydrogen) atoms. The molecule has 0 saturated carbocycles. The molecule has 0 saturated heterocycles. The lowest BCUT2D eigenvalue weighted by Gasteiger charge is -2.21. The Morgan fingerprint density at radius 3 is 3.27 bits per heavy atom. The van der Waals surface area contributed by atoms with Crippen molar-refractivity contribution in [1.82, 2.24) is 4.90 Å². The minimum Gasteiger partial charge on any atom is -0.341 e. The van der Waals surface area contributed by atoms with Gasteiger partial charge in [-0.25, -0.2) is 0 Å². The SMILES string of the molecule is CN1CCc2ccsc2C1=O. The van der Waals surface area contributed by atoms with E-state index in [1.165, 1.54) is 5.56 Å². The molecule has 0 N–H and O–H groups in total. The van der Waals surface area contributed by atoms with E-state index in [-0.39, 0.29) is 5.91 Å². The van der Waals surface area contributed by atoms with Gasteiger partial charge in [-0.15, -0.1) is 11.3 Å². The molecule has 0 aromatic carbocycles. The Hall–Kier alpha value is -0.830. The maximum Gasteiger partial charge on any atom is 0.263 e. The van der Waals surface area contributed by atoms with Crippen molar-refractivity contribution in [1.29, 1.82) is 0 Å². The number of rotatable bonds is 0. The molecule has 2 nitrogen and oxygen atoms in total. The predicted molar refractivity (Wildman–Crippen MR) is 45.0 cm³/mol. The van der Waals surface area contributed by atoms with Crippen molar-refractivity contribution in [3.05, 3.63) is 21.9 Å². The fourth-order valence-electron chi connectivity index (χ4n) is 1.28. The van der Waals surface area contributed by atoms with Crippen LogP contribution in [0.15, 0.2) is 11.4 Å². The number of carbonyl (C=O) groups is 1. The van der Waals surface area contributed by atoms with E-state index in [9.17, 15) is 4.79 Å². The van der Waals surface area contributed by atoms with Crippen molar-refractivity contribution < 1.29 is 4.79 Å². The van der Waals surface area contributed by atoms with E-state index in [0.29, 0.717) is 0 Å². The van der Waals surface area contributed by atoms with Crippen molar-refractivity contribution in [2.45, 2.75) is 6.42 Å². The van der Waals surface area contributed by atoms with Crippen molar-refractivity contribution >= 4 is 17.2 Å². The van der Waals surface area contributed by atoms with Crippen LogP contribution in [0.5, 0.6) is 0 Å². The summed E-state index contributed by atoms with van der Waals surface area (Å²) in [5, 5.41) is 1.99. The Bertz CT molecular complexity index is 292. The van der Waals surface area contributed by atoms with Gasteiger partial charge in [0.1, 0.15) is 0 Å². The van der Waals surface area contributed by atoms with E-state index < -0.39 is 0 Å². The summed E-state index contributed by atoms with van der Waals surface area (Å²) < 4.78 is 0. The topological polar surface area (TPSA) is 20.3 Å². The molecule has 1 aliphatic heterocycles. The number of nitrogens with zero attached hydrogens (tertiary/aromatic N) is 1. The largest absolute Gasteiger partial charge is 0.341 e. The van der Waals surface area contributed by atoms with Crippen LogP contribution in [0.3, 0.4) is 0 Å². The Morgan fingerprint density at radius 1 is 1.64 bits per heavy atom. The number of thiophene rings is 1. The summed E-state index contributed by atoms with van der Waals surface area (Å²) in [4.78, 5) is 14.1. The van der Waals surface area contributed by atoms with E-state index in [4.69, 9.17) is 0 Å². The lowest BCUT2D eigenvalue weighted by molar-refractivity contribution is 0.0786. The summed E-state index contributed by atoms with van der Waals surface area (Å²) in [5.41, 5.74) is 1.22. The Morgan fingerprint density at radius 2 is 2.45 bits per heavy atom. The van der Waals surface area contributed by atoms with Crippen molar-refractivity contribution in [2.75, 3.05) is 13.6 Å². The van der Waals surface area contributed by atoms with Gasteiger partial charge in [-0.3, -0.25) is 4.79 Å². The minimum absolute atomic E-state index is 0.182. The summed E-state index contributed by atoms with van der Waals surface area (Å²) >= 11 is 1.55. The van der Waals surface area contributed by atoms with E-state index in [1.807, 2.05) is 18.5 Å². The molecule has 0 unspecified atom stereocenters. The normalized spacial score (nSPS) is 16.8. The molecular weight excluding hydrogens is 158 g/mol. The molecule has 58 valence electrons. The molecule has 0 radical (unpaired) electrons. The van der Waals surface area contributed by atoms with Crippen molar-refractivity contribution in [3.63, 3.8) is 0 Å².